The molecule has 1 unspecified atom stereocenters. The van der Waals surface area contributed by atoms with Crippen molar-refractivity contribution in [2.45, 2.75) is 43.4 Å². The third-order valence-corrected chi connectivity index (χ3v) is 5.04. The van der Waals surface area contributed by atoms with E-state index in [9.17, 15) is 14.4 Å². The molecule has 2 fully saturated rings. The molecule has 1 N–H and O–H groups in total. The summed E-state index contributed by atoms with van der Waals surface area (Å²) in [5, 5.41) is 2.46. The van der Waals surface area contributed by atoms with E-state index < -0.39 is 0 Å². The summed E-state index contributed by atoms with van der Waals surface area (Å²) in [5.74, 6) is 0.0126. The van der Waals surface area contributed by atoms with E-state index in [0.717, 1.165) is 25.7 Å². The molecule has 1 atom stereocenters. The highest BCUT2D eigenvalue weighted by Gasteiger charge is 2.43. The van der Waals surface area contributed by atoms with Crippen LogP contribution >= 0.6 is 11.8 Å². The number of likely N-dealkylation sites (tertiary alicyclic amines) is 1. The molecule has 0 aromatic rings. The van der Waals surface area contributed by atoms with Gasteiger partial charge < -0.3 is 5.32 Å². The molecule has 3 amide bonds. The summed E-state index contributed by atoms with van der Waals surface area (Å²) in [5.41, 5.74) is 0. The van der Waals surface area contributed by atoms with E-state index in [2.05, 4.69) is 5.32 Å². The highest BCUT2D eigenvalue weighted by molar-refractivity contribution is 8.00. The van der Waals surface area contributed by atoms with Crippen molar-refractivity contribution < 1.29 is 14.4 Å². The Morgan fingerprint density at radius 2 is 1.89 bits per heavy atom. The van der Waals surface area contributed by atoms with Crippen LogP contribution in [0.15, 0.2) is 0 Å². The molecule has 2 rings (SSSR count). The summed E-state index contributed by atoms with van der Waals surface area (Å²) in [4.78, 5) is 37.1. The van der Waals surface area contributed by atoms with E-state index in [1.54, 1.807) is 7.05 Å². The SMILES string of the molecule is CNC(=O)C1CCC(N2C(=O)CC(SC)C2=O)CC1. The highest BCUT2D eigenvalue weighted by Crippen LogP contribution is 2.33. The zero-order valence-corrected chi connectivity index (χ0v) is 12.2. The van der Waals surface area contributed by atoms with Crippen LogP contribution in [0.1, 0.15) is 32.1 Å². The number of nitrogens with zero attached hydrogens (tertiary/aromatic N) is 1. The minimum Gasteiger partial charge on any atom is -0.359 e. The lowest BCUT2D eigenvalue weighted by molar-refractivity contribution is -0.142. The van der Waals surface area contributed by atoms with Crippen molar-refractivity contribution in [1.82, 2.24) is 10.2 Å². The van der Waals surface area contributed by atoms with Gasteiger partial charge in [-0.2, -0.15) is 11.8 Å². The van der Waals surface area contributed by atoms with E-state index in [0.29, 0.717) is 6.42 Å². The molecule has 6 heteroatoms. The normalized spacial score (nSPS) is 31.7. The van der Waals surface area contributed by atoms with Crippen molar-refractivity contribution in [3.05, 3.63) is 0 Å². The van der Waals surface area contributed by atoms with Crippen molar-refractivity contribution in [3.8, 4) is 0 Å². The van der Waals surface area contributed by atoms with Crippen LogP contribution in [0.2, 0.25) is 0 Å². The number of thioether (sulfide) groups is 1. The van der Waals surface area contributed by atoms with Crippen LogP contribution in [0.5, 0.6) is 0 Å². The average Bonchev–Trinajstić information content (AvgIpc) is 2.72. The first-order valence-corrected chi connectivity index (χ1v) is 7.97. The molecule has 0 aromatic carbocycles. The quantitative estimate of drug-likeness (QED) is 0.778. The Kier molecular flexibility index (Phi) is 4.50. The number of nitrogens with one attached hydrogen (secondary N) is 1. The molecule has 106 valence electrons. The molecule has 0 spiro atoms. The summed E-state index contributed by atoms with van der Waals surface area (Å²) in [7, 11) is 1.64. The Balaban J connectivity index is 1.96. The Morgan fingerprint density at radius 3 is 2.37 bits per heavy atom. The van der Waals surface area contributed by atoms with Crippen molar-refractivity contribution in [2.75, 3.05) is 13.3 Å². The van der Waals surface area contributed by atoms with E-state index in [4.69, 9.17) is 0 Å². The predicted molar refractivity (Wildman–Crippen MR) is 73.6 cm³/mol. The maximum absolute atomic E-state index is 12.1. The molecule has 1 aliphatic carbocycles. The number of rotatable bonds is 3. The van der Waals surface area contributed by atoms with Crippen molar-refractivity contribution >= 4 is 29.5 Å². The van der Waals surface area contributed by atoms with Crippen molar-refractivity contribution in [2.24, 2.45) is 5.92 Å². The lowest BCUT2D eigenvalue weighted by atomic mass is 9.85. The molecular weight excluding hydrogens is 264 g/mol. The lowest BCUT2D eigenvalue weighted by Crippen LogP contribution is -2.44. The van der Waals surface area contributed by atoms with Crippen LogP contribution in [0, 0.1) is 5.92 Å². The Hall–Kier alpha value is -1.04. The molecule has 1 heterocycles. The summed E-state index contributed by atoms with van der Waals surface area (Å²) in [6.45, 7) is 0. The zero-order valence-electron chi connectivity index (χ0n) is 11.3. The van der Waals surface area contributed by atoms with Crippen molar-refractivity contribution in [3.63, 3.8) is 0 Å². The van der Waals surface area contributed by atoms with Gasteiger partial charge in [-0.25, -0.2) is 0 Å². The second kappa shape index (κ2) is 5.94. The van der Waals surface area contributed by atoms with Gasteiger partial charge in [-0.05, 0) is 31.9 Å². The van der Waals surface area contributed by atoms with E-state index in [1.165, 1.54) is 16.7 Å². The smallest absolute Gasteiger partial charge is 0.243 e. The number of amides is 3. The first kappa shape index (κ1) is 14.4. The minimum atomic E-state index is -0.204. The second-order valence-electron chi connectivity index (χ2n) is 5.15. The monoisotopic (exact) mass is 284 g/mol. The minimum absolute atomic E-state index is 0.00180. The summed E-state index contributed by atoms with van der Waals surface area (Å²) in [6.07, 6.45) is 5.20. The summed E-state index contributed by atoms with van der Waals surface area (Å²) < 4.78 is 0. The topological polar surface area (TPSA) is 66.5 Å². The van der Waals surface area contributed by atoms with Gasteiger partial charge >= 0.3 is 0 Å². The Bertz CT molecular complexity index is 391. The average molecular weight is 284 g/mol. The molecule has 0 aromatic heterocycles. The van der Waals surface area contributed by atoms with Gasteiger partial charge in [-0.3, -0.25) is 19.3 Å². The maximum Gasteiger partial charge on any atom is 0.243 e. The number of hydrogen-bond acceptors (Lipinski definition) is 4. The third kappa shape index (κ3) is 2.78. The Morgan fingerprint density at radius 1 is 1.26 bits per heavy atom. The van der Waals surface area contributed by atoms with Gasteiger partial charge in [0.1, 0.15) is 0 Å². The first-order chi connectivity index (χ1) is 9.08. The Labute approximate surface area is 117 Å². The van der Waals surface area contributed by atoms with Crippen LogP contribution in [0.25, 0.3) is 0 Å². The van der Waals surface area contributed by atoms with E-state index in [1.807, 2.05) is 6.26 Å². The van der Waals surface area contributed by atoms with Gasteiger partial charge in [-0.15, -0.1) is 0 Å². The van der Waals surface area contributed by atoms with E-state index in [-0.39, 0.29) is 34.9 Å². The van der Waals surface area contributed by atoms with Crippen LogP contribution in [-0.4, -0.2) is 47.2 Å². The fourth-order valence-electron chi connectivity index (χ4n) is 2.99. The molecule has 19 heavy (non-hydrogen) atoms. The number of carbonyl (C=O) groups is 3. The largest absolute Gasteiger partial charge is 0.359 e. The van der Waals surface area contributed by atoms with Gasteiger partial charge in [-0.1, -0.05) is 0 Å². The van der Waals surface area contributed by atoms with Gasteiger partial charge in [0.25, 0.3) is 0 Å². The van der Waals surface area contributed by atoms with E-state index >= 15 is 0 Å². The fourth-order valence-corrected chi connectivity index (χ4v) is 3.61. The van der Waals surface area contributed by atoms with Gasteiger partial charge in [0.15, 0.2) is 0 Å². The zero-order chi connectivity index (χ0) is 14.0. The summed E-state index contributed by atoms with van der Waals surface area (Å²) >= 11 is 1.44. The number of carbonyl (C=O) groups excluding carboxylic acids is 3. The highest BCUT2D eigenvalue weighted by atomic mass is 32.2. The standard InChI is InChI=1S/C13H20N2O3S/c1-14-12(17)8-3-5-9(6-4-8)15-11(16)7-10(19-2)13(15)18/h8-10H,3-7H2,1-2H3,(H,14,17). The second-order valence-corrected chi connectivity index (χ2v) is 6.19. The van der Waals surface area contributed by atoms with Crippen LogP contribution in [0.3, 0.4) is 0 Å². The predicted octanol–water partition coefficient (Wildman–Crippen LogP) is 0.782. The van der Waals surface area contributed by atoms with Crippen LogP contribution in [0.4, 0.5) is 0 Å². The van der Waals surface area contributed by atoms with Gasteiger partial charge in [0, 0.05) is 25.4 Å². The molecule has 1 aliphatic heterocycles. The lowest BCUT2D eigenvalue weighted by Gasteiger charge is -2.32. The van der Waals surface area contributed by atoms with Gasteiger partial charge in [0.2, 0.25) is 17.7 Å². The van der Waals surface area contributed by atoms with Crippen LogP contribution < -0.4 is 5.32 Å². The maximum atomic E-state index is 12.1. The molecule has 0 radical (unpaired) electrons. The summed E-state index contributed by atoms with van der Waals surface area (Å²) in [6, 6.07) is -0.00180. The molecule has 1 saturated heterocycles. The fraction of sp³-hybridized carbons (Fsp3) is 0.769. The molecule has 5 nitrogen and oxygen atoms in total. The third-order valence-electron chi connectivity index (χ3n) is 4.11. The molecule has 0 bridgehead atoms. The van der Waals surface area contributed by atoms with Crippen molar-refractivity contribution in [1.29, 1.82) is 0 Å². The molecular formula is C13H20N2O3S. The molecule has 2 aliphatic rings. The first-order valence-electron chi connectivity index (χ1n) is 6.68. The van der Waals surface area contributed by atoms with Gasteiger partial charge in [0.05, 0.1) is 5.25 Å². The number of hydrogen-bond donors (Lipinski definition) is 1. The molecule has 1 saturated carbocycles. The van der Waals surface area contributed by atoms with Crippen LogP contribution in [-0.2, 0) is 14.4 Å². The number of imide groups is 1.